The van der Waals surface area contributed by atoms with Gasteiger partial charge in [-0.25, -0.2) is 48.6 Å². The molecule has 4 aromatic heterocycles. The first-order valence-electron chi connectivity index (χ1n) is 23.6. The van der Waals surface area contributed by atoms with Crippen LogP contribution in [0.5, 0.6) is 0 Å². The number of aromatic nitrogens is 4. The molecule has 1 aromatic carbocycles. The number of fused-ring (bicyclic) bond motifs is 6. The molecule has 6 heterocycles. The SMILES string of the molecule is CC[C@@H]1C[C@H](NS(=O)(=O)C2CC2)C[C@@H]1N1CCCc2cnc3[nH]ccc3c21.CC[C@@H]1C[C@H](NS(=O)(=O)C2CC2)C[C@@H]1N1CCCc2cnc3c(ccn3S(=O)(=O)c3ccc(C)cc3)c21. The molecule has 14 nitrogen and oxygen atoms in total. The molecule has 0 radical (unpaired) electrons. The number of nitrogens with one attached hydrogen (secondary N) is 3. The average molecular weight is 931 g/mol. The third-order valence-electron chi connectivity index (χ3n) is 15.0. The number of sulfonamides is 2. The van der Waals surface area contributed by atoms with Crippen molar-refractivity contribution < 1.29 is 25.3 Å². The lowest BCUT2D eigenvalue weighted by molar-refractivity contribution is 0.427. The summed E-state index contributed by atoms with van der Waals surface area (Å²) in [4.78, 5) is 17.6. The average Bonchev–Trinajstić information content (AvgIpc) is 4.15. The summed E-state index contributed by atoms with van der Waals surface area (Å²) in [5.74, 6) is 0.879. The molecule has 17 heteroatoms. The van der Waals surface area contributed by atoms with Crippen molar-refractivity contribution in [2.24, 2.45) is 11.8 Å². The lowest BCUT2D eigenvalue weighted by Gasteiger charge is -2.39. The second-order valence-electron chi connectivity index (χ2n) is 19.3. The number of hydrogen-bond donors (Lipinski definition) is 3. The van der Waals surface area contributed by atoms with E-state index in [-0.39, 0.29) is 33.5 Å². The maximum absolute atomic E-state index is 13.5. The maximum atomic E-state index is 13.5. The molecule has 0 saturated heterocycles. The minimum absolute atomic E-state index is 0.0604. The molecule has 6 atom stereocenters. The molecule has 5 aromatic rings. The minimum Gasteiger partial charge on any atom is -0.367 e. The fourth-order valence-electron chi connectivity index (χ4n) is 11.4. The summed E-state index contributed by atoms with van der Waals surface area (Å²) in [5.41, 5.74) is 7.20. The topological polar surface area (TPSA) is 179 Å². The van der Waals surface area contributed by atoms with Crippen LogP contribution in [0.3, 0.4) is 0 Å². The Labute approximate surface area is 378 Å². The summed E-state index contributed by atoms with van der Waals surface area (Å²) in [6, 6.07) is 11.5. The lowest BCUT2D eigenvalue weighted by Crippen LogP contribution is -2.42. The van der Waals surface area contributed by atoms with E-state index in [1.54, 1.807) is 30.5 Å². The van der Waals surface area contributed by atoms with E-state index in [0.29, 0.717) is 23.5 Å². The van der Waals surface area contributed by atoms with E-state index >= 15 is 0 Å². The van der Waals surface area contributed by atoms with Crippen molar-refractivity contribution in [3.05, 3.63) is 77.9 Å². The van der Waals surface area contributed by atoms with Crippen LogP contribution in [0.15, 0.2) is 66.1 Å². The predicted octanol–water partition coefficient (Wildman–Crippen LogP) is 6.93. The molecular weight excluding hydrogens is 869 g/mol. The Morgan fingerprint density at radius 2 is 1.20 bits per heavy atom. The van der Waals surface area contributed by atoms with Gasteiger partial charge in [0.25, 0.3) is 10.0 Å². The quantitative estimate of drug-likeness (QED) is 0.119. The van der Waals surface area contributed by atoms with Crippen LogP contribution in [0, 0.1) is 18.8 Å². The zero-order valence-corrected chi connectivity index (χ0v) is 39.6. The Balaban J connectivity index is 0.000000159. The van der Waals surface area contributed by atoms with E-state index < -0.39 is 30.1 Å². The number of nitrogens with zero attached hydrogens (tertiary/aromatic N) is 5. The molecule has 6 aliphatic rings. The zero-order chi connectivity index (χ0) is 44.5. The molecule has 4 aliphatic carbocycles. The van der Waals surface area contributed by atoms with E-state index in [0.717, 1.165) is 131 Å². The molecule has 64 heavy (non-hydrogen) atoms. The molecule has 0 unspecified atom stereocenters. The molecular formula is C47H62N8O6S3. The Hall–Kier alpha value is -4.03. The van der Waals surface area contributed by atoms with Crippen LogP contribution in [-0.2, 0) is 42.9 Å². The first kappa shape index (κ1) is 43.8. The van der Waals surface area contributed by atoms with Crippen molar-refractivity contribution in [3.63, 3.8) is 0 Å². The van der Waals surface area contributed by atoms with Crippen LogP contribution in [0.2, 0.25) is 0 Å². The molecule has 0 spiro atoms. The van der Waals surface area contributed by atoms with Gasteiger partial charge in [-0.15, -0.1) is 0 Å². The fraction of sp³-hybridized carbons (Fsp3) is 0.574. The van der Waals surface area contributed by atoms with Crippen molar-refractivity contribution in [3.8, 4) is 0 Å². The highest BCUT2D eigenvalue weighted by Crippen LogP contribution is 2.44. The zero-order valence-electron chi connectivity index (χ0n) is 37.1. The second kappa shape index (κ2) is 17.0. The van der Waals surface area contributed by atoms with Crippen LogP contribution in [-0.4, -0.2) is 91.9 Å². The van der Waals surface area contributed by atoms with Gasteiger partial charge in [-0.3, -0.25) is 0 Å². The Bertz CT molecular complexity index is 2870. The number of benzene rings is 1. The highest BCUT2D eigenvalue weighted by Gasteiger charge is 2.45. The third kappa shape index (κ3) is 8.25. The van der Waals surface area contributed by atoms with Crippen LogP contribution < -0.4 is 19.2 Å². The third-order valence-corrected chi connectivity index (χ3v) is 20.7. The first-order chi connectivity index (χ1) is 30.8. The molecule has 3 N–H and O–H groups in total. The van der Waals surface area contributed by atoms with Crippen molar-refractivity contribution in [2.45, 2.75) is 150 Å². The molecule has 2 aliphatic heterocycles. The van der Waals surface area contributed by atoms with Gasteiger partial charge >= 0.3 is 0 Å². The maximum Gasteiger partial charge on any atom is 0.269 e. The molecule has 4 fully saturated rings. The highest BCUT2D eigenvalue weighted by molar-refractivity contribution is 7.90. The standard InChI is InChI=1S/C27H34N4O4S2.C20H28N4O2S/c1-3-19-15-21(29-36(32,33)22-10-11-22)16-25(19)30-13-4-5-20-17-28-27-24(26(20)30)12-14-31(27)37(34,35)23-8-6-18(2)7-9-23;1-2-13-10-15(23-27(25,26)16-5-6-16)11-18(13)24-9-3-4-14-12-22-20-17(19(14)24)7-8-21-20/h6-9,12,14,17,19,21-22,25,29H,3-5,10-11,13,15-16H2,1-2H3;7-8,12-13,15-16,18,23H,2-6,9-11H2,1H3,(H,21,22)/t19-,21+,25+;13-,15+,18+/m11/s1. The van der Waals surface area contributed by atoms with Crippen molar-refractivity contribution >= 4 is 63.5 Å². The van der Waals surface area contributed by atoms with Gasteiger partial charge in [-0.05, 0) is 131 Å². The molecule has 11 rings (SSSR count). The lowest BCUT2D eigenvalue weighted by atomic mass is 9.94. The van der Waals surface area contributed by atoms with Gasteiger partial charge in [0, 0.05) is 72.8 Å². The highest BCUT2D eigenvalue weighted by atomic mass is 32.2. The number of hydrogen-bond acceptors (Lipinski definition) is 10. The summed E-state index contributed by atoms with van der Waals surface area (Å²) >= 11 is 0. The van der Waals surface area contributed by atoms with Gasteiger partial charge in [-0.1, -0.05) is 44.4 Å². The van der Waals surface area contributed by atoms with E-state index in [2.05, 4.69) is 54.1 Å². The van der Waals surface area contributed by atoms with E-state index in [1.165, 1.54) is 20.6 Å². The Morgan fingerprint density at radius 1 is 0.672 bits per heavy atom. The van der Waals surface area contributed by atoms with E-state index in [4.69, 9.17) is 0 Å². The van der Waals surface area contributed by atoms with Crippen LogP contribution in [0.1, 0.15) is 108 Å². The second-order valence-corrected chi connectivity index (χ2v) is 25.1. The Morgan fingerprint density at radius 3 is 1.73 bits per heavy atom. The number of rotatable bonds is 12. The normalized spacial score (nSPS) is 26.2. The molecule has 344 valence electrons. The largest absolute Gasteiger partial charge is 0.367 e. The van der Waals surface area contributed by atoms with Gasteiger partial charge in [0.2, 0.25) is 20.0 Å². The van der Waals surface area contributed by atoms with Gasteiger partial charge in [0.15, 0.2) is 5.65 Å². The van der Waals surface area contributed by atoms with Gasteiger partial charge in [0.1, 0.15) is 5.65 Å². The predicted molar refractivity (Wildman–Crippen MR) is 252 cm³/mol. The number of aromatic amines is 1. The van der Waals surface area contributed by atoms with Crippen molar-refractivity contribution in [1.82, 2.24) is 28.4 Å². The van der Waals surface area contributed by atoms with Gasteiger partial charge < -0.3 is 14.8 Å². The van der Waals surface area contributed by atoms with Gasteiger partial charge in [0.05, 0.1) is 26.8 Å². The number of pyridine rings is 2. The molecule has 0 bridgehead atoms. The van der Waals surface area contributed by atoms with E-state index in [9.17, 15) is 25.3 Å². The summed E-state index contributed by atoms with van der Waals surface area (Å²) in [5, 5.41) is 1.68. The van der Waals surface area contributed by atoms with Crippen molar-refractivity contribution in [2.75, 3.05) is 22.9 Å². The number of aryl methyl sites for hydroxylation is 3. The monoisotopic (exact) mass is 930 g/mol. The summed E-state index contributed by atoms with van der Waals surface area (Å²) in [6.07, 6.45) is 20.2. The van der Waals surface area contributed by atoms with E-state index in [1.807, 2.05) is 31.6 Å². The summed E-state index contributed by atoms with van der Waals surface area (Å²) in [7, 11) is -10.2. The Kier molecular flexibility index (Phi) is 11.6. The number of H-pyrrole nitrogens is 1. The van der Waals surface area contributed by atoms with Crippen molar-refractivity contribution in [1.29, 1.82) is 0 Å². The number of anilines is 2. The van der Waals surface area contributed by atoms with Crippen LogP contribution in [0.25, 0.3) is 22.1 Å². The van der Waals surface area contributed by atoms with Crippen LogP contribution >= 0.6 is 0 Å². The smallest absolute Gasteiger partial charge is 0.269 e. The first-order valence-corrected chi connectivity index (χ1v) is 28.1. The molecule has 0 amide bonds. The minimum atomic E-state index is -3.79. The molecule has 4 saturated carbocycles. The fourth-order valence-corrected chi connectivity index (χ4v) is 15.9. The van der Waals surface area contributed by atoms with Gasteiger partial charge in [-0.2, -0.15) is 0 Å². The summed E-state index contributed by atoms with van der Waals surface area (Å²) in [6.45, 7) is 8.25. The summed E-state index contributed by atoms with van der Waals surface area (Å²) < 4.78 is 84.5. The van der Waals surface area contributed by atoms with Crippen LogP contribution in [0.4, 0.5) is 11.4 Å².